The van der Waals surface area contributed by atoms with Crippen LogP contribution in [-0.4, -0.2) is 32.2 Å². The second-order valence-corrected chi connectivity index (χ2v) is 8.06. The van der Waals surface area contributed by atoms with Crippen molar-refractivity contribution in [2.75, 3.05) is 25.6 Å². The Morgan fingerprint density at radius 1 is 1.06 bits per heavy atom. The van der Waals surface area contributed by atoms with Crippen molar-refractivity contribution in [2.45, 2.75) is 13.8 Å². The Labute approximate surface area is 201 Å². The maximum absolute atomic E-state index is 12.7. The standard InChI is InChI=1S/C25H24ClNO5S/c1-4-31-20-12-6-16(14-21(20)30-3)7-13-22(28)27-24-23(25(29)32-5-2)19(15-33-24)17-8-10-18(26)11-9-17/h6-15H,4-5H2,1-3H3,(H,27,28)/b13-7+. The maximum Gasteiger partial charge on any atom is 0.341 e. The van der Waals surface area contributed by atoms with Gasteiger partial charge in [-0.1, -0.05) is 29.8 Å². The van der Waals surface area contributed by atoms with Crippen LogP contribution in [0.2, 0.25) is 5.02 Å². The molecule has 0 atom stereocenters. The first-order valence-electron chi connectivity index (χ1n) is 10.3. The van der Waals surface area contributed by atoms with Crippen LogP contribution in [0.25, 0.3) is 17.2 Å². The Kier molecular flexibility index (Phi) is 8.52. The van der Waals surface area contributed by atoms with E-state index in [1.807, 2.05) is 30.5 Å². The maximum atomic E-state index is 12.7. The van der Waals surface area contributed by atoms with Crippen LogP contribution in [0.1, 0.15) is 29.8 Å². The van der Waals surface area contributed by atoms with E-state index in [2.05, 4.69) is 5.32 Å². The van der Waals surface area contributed by atoms with Gasteiger partial charge >= 0.3 is 5.97 Å². The van der Waals surface area contributed by atoms with Crippen LogP contribution in [0.4, 0.5) is 5.00 Å². The Morgan fingerprint density at radius 3 is 2.48 bits per heavy atom. The van der Waals surface area contributed by atoms with E-state index in [0.29, 0.717) is 39.3 Å². The van der Waals surface area contributed by atoms with Crippen LogP contribution < -0.4 is 14.8 Å². The number of thiophene rings is 1. The molecular weight excluding hydrogens is 462 g/mol. The van der Waals surface area contributed by atoms with Crippen molar-refractivity contribution in [2.24, 2.45) is 0 Å². The molecule has 3 rings (SSSR count). The van der Waals surface area contributed by atoms with Crippen LogP contribution >= 0.6 is 22.9 Å². The van der Waals surface area contributed by atoms with Gasteiger partial charge in [0, 0.05) is 22.0 Å². The van der Waals surface area contributed by atoms with Crippen molar-refractivity contribution in [3.8, 4) is 22.6 Å². The topological polar surface area (TPSA) is 73.9 Å². The molecule has 1 N–H and O–H groups in total. The molecule has 0 aliphatic heterocycles. The van der Waals surface area contributed by atoms with Gasteiger partial charge in [0.2, 0.25) is 5.91 Å². The van der Waals surface area contributed by atoms with E-state index in [4.69, 9.17) is 25.8 Å². The van der Waals surface area contributed by atoms with E-state index in [-0.39, 0.29) is 12.5 Å². The Balaban J connectivity index is 1.83. The highest BCUT2D eigenvalue weighted by Gasteiger charge is 2.22. The lowest BCUT2D eigenvalue weighted by molar-refractivity contribution is -0.111. The highest BCUT2D eigenvalue weighted by molar-refractivity contribution is 7.15. The number of amides is 1. The summed E-state index contributed by atoms with van der Waals surface area (Å²) in [6.07, 6.45) is 3.05. The van der Waals surface area contributed by atoms with Crippen molar-refractivity contribution in [3.63, 3.8) is 0 Å². The fraction of sp³-hybridized carbons (Fsp3) is 0.200. The normalized spacial score (nSPS) is 10.8. The third-order valence-electron chi connectivity index (χ3n) is 4.58. The summed E-state index contributed by atoms with van der Waals surface area (Å²) < 4.78 is 16.1. The lowest BCUT2D eigenvalue weighted by atomic mass is 10.0. The number of carbonyl (C=O) groups is 2. The van der Waals surface area contributed by atoms with Gasteiger partial charge in [-0.05, 0) is 55.3 Å². The van der Waals surface area contributed by atoms with Gasteiger partial charge in [0.25, 0.3) is 0 Å². The first-order valence-corrected chi connectivity index (χ1v) is 11.6. The zero-order chi connectivity index (χ0) is 23.8. The average Bonchev–Trinajstić information content (AvgIpc) is 3.22. The van der Waals surface area contributed by atoms with E-state index in [1.54, 1.807) is 44.4 Å². The minimum absolute atomic E-state index is 0.224. The molecule has 33 heavy (non-hydrogen) atoms. The van der Waals surface area contributed by atoms with Crippen molar-refractivity contribution in [3.05, 3.63) is 70.1 Å². The molecule has 1 aromatic heterocycles. The molecule has 0 bridgehead atoms. The number of rotatable bonds is 9. The summed E-state index contributed by atoms with van der Waals surface area (Å²) in [6.45, 7) is 4.38. The molecule has 0 fully saturated rings. The summed E-state index contributed by atoms with van der Waals surface area (Å²) in [7, 11) is 1.56. The van der Waals surface area contributed by atoms with Gasteiger partial charge < -0.3 is 19.5 Å². The van der Waals surface area contributed by atoms with E-state index < -0.39 is 5.97 Å². The smallest absolute Gasteiger partial charge is 0.341 e. The fourth-order valence-corrected chi connectivity index (χ4v) is 4.17. The number of anilines is 1. The minimum atomic E-state index is -0.501. The minimum Gasteiger partial charge on any atom is -0.493 e. The number of halogens is 1. The van der Waals surface area contributed by atoms with Crippen LogP contribution in [-0.2, 0) is 9.53 Å². The highest BCUT2D eigenvalue weighted by atomic mass is 35.5. The molecule has 0 radical (unpaired) electrons. The zero-order valence-electron chi connectivity index (χ0n) is 18.5. The van der Waals surface area contributed by atoms with E-state index in [9.17, 15) is 9.59 Å². The van der Waals surface area contributed by atoms with Crippen molar-refractivity contribution >= 4 is 45.9 Å². The predicted molar refractivity (Wildman–Crippen MR) is 133 cm³/mol. The Bertz CT molecular complexity index is 1150. The molecule has 0 aliphatic carbocycles. The van der Waals surface area contributed by atoms with Gasteiger partial charge in [0.15, 0.2) is 11.5 Å². The number of ether oxygens (including phenoxy) is 3. The molecule has 0 spiro atoms. The second-order valence-electron chi connectivity index (χ2n) is 6.75. The van der Waals surface area contributed by atoms with Gasteiger partial charge in [-0.15, -0.1) is 11.3 Å². The number of benzene rings is 2. The Morgan fingerprint density at radius 2 is 1.82 bits per heavy atom. The second kappa shape index (κ2) is 11.5. The van der Waals surface area contributed by atoms with Gasteiger partial charge in [-0.2, -0.15) is 0 Å². The van der Waals surface area contributed by atoms with Crippen LogP contribution in [0, 0.1) is 0 Å². The number of esters is 1. The molecule has 0 saturated carbocycles. The monoisotopic (exact) mass is 485 g/mol. The van der Waals surface area contributed by atoms with Gasteiger partial charge in [0.1, 0.15) is 10.6 Å². The van der Waals surface area contributed by atoms with Crippen molar-refractivity contribution in [1.82, 2.24) is 0 Å². The molecule has 0 aliphatic rings. The number of hydrogen-bond acceptors (Lipinski definition) is 6. The lowest BCUT2D eigenvalue weighted by Crippen LogP contribution is -2.12. The van der Waals surface area contributed by atoms with Gasteiger partial charge in [-0.3, -0.25) is 4.79 Å². The molecule has 1 heterocycles. The molecule has 8 heteroatoms. The predicted octanol–water partition coefficient (Wildman–Crippen LogP) is 6.30. The lowest BCUT2D eigenvalue weighted by Gasteiger charge is -2.09. The fourth-order valence-electron chi connectivity index (χ4n) is 3.09. The van der Waals surface area contributed by atoms with Gasteiger partial charge in [0.05, 0.1) is 20.3 Å². The molecule has 1 amide bonds. The quantitative estimate of drug-likeness (QED) is 0.284. The molecule has 2 aromatic carbocycles. The average molecular weight is 486 g/mol. The largest absolute Gasteiger partial charge is 0.493 e. The summed E-state index contributed by atoms with van der Waals surface area (Å²) in [6, 6.07) is 12.5. The summed E-state index contributed by atoms with van der Waals surface area (Å²) in [4.78, 5) is 25.3. The summed E-state index contributed by atoms with van der Waals surface area (Å²) in [5, 5.41) is 5.61. The zero-order valence-corrected chi connectivity index (χ0v) is 20.1. The first-order chi connectivity index (χ1) is 16.0. The molecule has 3 aromatic rings. The summed E-state index contributed by atoms with van der Waals surface area (Å²) in [5.41, 5.74) is 2.56. The molecule has 172 valence electrons. The summed E-state index contributed by atoms with van der Waals surface area (Å²) in [5.74, 6) is 0.334. The van der Waals surface area contributed by atoms with Gasteiger partial charge in [-0.25, -0.2) is 4.79 Å². The summed E-state index contributed by atoms with van der Waals surface area (Å²) >= 11 is 7.24. The SMILES string of the molecule is CCOC(=O)c1c(-c2ccc(Cl)cc2)csc1NC(=O)/C=C/c1ccc(OCC)c(OC)c1. The third-order valence-corrected chi connectivity index (χ3v) is 5.72. The number of hydrogen-bond donors (Lipinski definition) is 1. The van der Waals surface area contributed by atoms with Crippen LogP contribution in [0.5, 0.6) is 11.5 Å². The van der Waals surface area contributed by atoms with E-state index in [1.165, 1.54) is 17.4 Å². The molecular formula is C25H24ClNO5S. The first kappa shape index (κ1) is 24.4. The van der Waals surface area contributed by atoms with E-state index in [0.717, 1.165) is 11.1 Å². The molecule has 0 saturated heterocycles. The van der Waals surface area contributed by atoms with Crippen molar-refractivity contribution < 1.29 is 23.8 Å². The van der Waals surface area contributed by atoms with E-state index >= 15 is 0 Å². The number of methoxy groups -OCH3 is 1. The van der Waals surface area contributed by atoms with Crippen molar-refractivity contribution in [1.29, 1.82) is 0 Å². The highest BCUT2D eigenvalue weighted by Crippen LogP contribution is 2.36. The third kappa shape index (κ3) is 6.15. The number of carbonyl (C=O) groups excluding carboxylic acids is 2. The molecule has 0 unspecified atom stereocenters. The Hall–Kier alpha value is -3.29. The molecule has 6 nitrogen and oxygen atoms in total. The number of nitrogens with one attached hydrogen (secondary N) is 1. The van der Waals surface area contributed by atoms with Crippen LogP contribution in [0.3, 0.4) is 0 Å². The van der Waals surface area contributed by atoms with Crippen LogP contribution in [0.15, 0.2) is 53.9 Å².